The van der Waals surface area contributed by atoms with Crippen molar-refractivity contribution in [3.8, 4) is 0 Å². The van der Waals surface area contributed by atoms with Crippen LogP contribution in [0.5, 0.6) is 0 Å². The maximum Gasteiger partial charge on any atom is 1.00 e. The number of rotatable bonds is 3. The first-order chi connectivity index (χ1) is 10.9. The Bertz CT molecular complexity index is 440. The second-order valence-electron chi connectivity index (χ2n) is 7.32. The molecule has 0 bridgehead atoms. The van der Waals surface area contributed by atoms with E-state index in [-0.39, 0.29) is 51.1 Å². The van der Waals surface area contributed by atoms with Crippen molar-refractivity contribution in [2.75, 3.05) is 13.1 Å². The number of halogens is 5. The number of alkyl halides is 5. The third kappa shape index (κ3) is 33.6. The van der Waals surface area contributed by atoms with Crippen molar-refractivity contribution in [3.63, 3.8) is 0 Å². The summed E-state index contributed by atoms with van der Waals surface area (Å²) in [5.41, 5.74) is -0.616. The summed E-state index contributed by atoms with van der Waals surface area (Å²) in [4.78, 5) is 8.06. The van der Waals surface area contributed by atoms with E-state index in [0.717, 1.165) is 0 Å². The Morgan fingerprint density at radius 1 is 0.778 bits per heavy atom. The molecule has 4 nitrogen and oxygen atoms in total. The molecule has 0 saturated carbocycles. The molecule has 0 aliphatic carbocycles. The molecule has 0 radical (unpaired) electrons. The Hall–Kier alpha value is -0.371. The molecule has 0 saturated heterocycles. The fourth-order valence-corrected chi connectivity index (χ4v) is 1.45. The molecule has 0 rings (SSSR count). The number of aliphatic imine (C=N–C) groups is 2. The molecule has 0 amide bonds. The first-order valence-electron chi connectivity index (χ1n) is 7.74. The van der Waals surface area contributed by atoms with Crippen LogP contribution < -0.4 is 0 Å². The molecule has 0 fully saturated rings. The van der Waals surface area contributed by atoms with Gasteiger partial charge in [0.05, 0.1) is 0 Å². The number of amidine groups is 2. The zero-order valence-electron chi connectivity index (χ0n) is 16.8. The van der Waals surface area contributed by atoms with Gasteiger partial charge in [-0.25, -0.2) is 8.78 Å². The smallest absolute Gasteiger partial charge is 0.464 e. The quantitative estimate of drug-likeness (QED) is 0.199. The average Bonchev–Trinajstić information content (AvgIpc) is 2.30. The van der Waals surface area contributed by atoms with Gasteiger partial charge in [-0.3, -0.25) is 0 Å². The van der Waals surface area contributed by atoms with Crippen LogP contribution in [0.4, 0.5) is 22.0 Å². The summed E-state index contributed by atoms with van der Waals surface area (Å²) in [7, 11) is 0. The van der Waals surface area contributed by atoms with E-state index in [1.807, 2.05) is 20.8 Å². The van der Waals surface area contributed by atoms with E-state index in [2.05, 4.69) is 20.6 Å². The Morgan fingerprint density at radius 2 is 1.11 bits per heavy atom. The Kier molecular flexibility index (Phi) is 18.5. The summed E-state index contributed by atoms with van der Waals surface area (Å²) in [6, 6.07) is 0. The van der Waals surface area contributed by atoms with E-state index < -0.39 is 25.7 Å². The molecular formula is C16H29Cu2F5N4. The summed E-state index contributed by atoms with van der Waals surface area (Å²) < 4.78 is 58.5. The maximum atomic E-state index is 11.7. The maximum absolute atomic E-state index is 11.7. The van der Waals surface area contributed by atoms with Gasteiger partial charge in [0.15, 0.2) is 0 Å². The molecular weight excluding hydrogens is 470 g/mol. The van der Waals surface area contributed by atoms with Crippen LogP contribution >= 0.6 is 0 Å². The molecule has 0 aromatic carbocycles. The topological polar surface area (TPSA) is 52.9 Å². The fraction of sp³-hybridized carbons (Fsp3) is 0.875. The molecule has 0 aliphatic rings. The first kappa shape index (κ1) is 34.2. The van der Waals surface area contributed by atoms with Gasteiger partial charge in [0.1, 0.15) is 0 Å². The van der Waals surface area contributed by atoms with Crippen LogP contribution in [0.2, 0.25) is 0 Å². The Balaban J connectivity index is -0.000000183. The largest absolute Gasteiger partial charge is 1.00 e. The number of hydrogen-bond acceptors (Lipinski definition) is 2. The van der Waals surface area contributed by atoms with Gasteiger partial charge < -0.3 is 20.6 Å². The van der Waals surface area contributed by atoms with Crippen molar-refractivity contribution in [1.29, 1.82) is 0 Å². The van der Waals surface area contributed by atoms with Crippen molar-refractivity contribution in [2.45, 2.75) is 79.1 Å². The van der Waals surface area contributed by atoms with E-state index >= 15 is 0 Å². The normalized spacial score (nSPS) is 13.1. The van der Waals surface area contributed by atoms with Crippen LogP contribution in [-0.4, -0.2) is 48.4 Å². The van der Waals surface area contributed by atoms with E-state index in [4.69, 9.17) is 0 Å². The zero-order valence-corrected chi connectivity index (χ0v) is 18.7. The molecule has 170 valence electrons. The van der Waals surface area contributed by atoms with E-state index in [0.29, 0.717) is 5.84 Å². The van der Waals surface area contributed by atoms with Crippen LogP contribution in [0.3, 0.4) is 0 Å². The predicted molar refractivity (Wildman–Crippen MR) is 94.2 cm³/mol. The van der Waals surface area contributed by atoms with Crippen molar-refractivity contribution >= 4 is 11.7 Å². The minimum atomic E-state index is -4.24. The fourth-order valence-electron chi connectivity index (χ4n) is 1.45. The van der Waals surface area contributed by atoms with Crippen LogP contribution in [0.15, 0.2) is 9.98 Å². The van der Waals surface area contributed by atoms with E-state index in [1.165, 1.54) is 6.92 Å². The van der Waals surface area contributed by atoms with Gasteiger partial charge >= 0.3 is 40.3 Å². The second-order valence-corrected chi connectivity index (χ2v) is 7.32. The van der Waals surface area contributed by atoms with Gasteiger partial charge in [-0.1, -0.05) is 53.2 Å². The molecule has 0 unspecified atom stereocenters. The van der Waals surface area contributed by atoms with Gasteiger partial charge in [-0.05, 0) is 24.9 Å². The standard InChI is InChI=1S/C8H14F3N2.C8H15F2N2.2Cu/c1-6(13-7(2,3)4)12-5-8(9,10)11;1-6(11-5-7(9)10)12-8(2,3)4;;/h5H2,1-4H3;7H,5H2,1-4H3;;/q2*-1;2*+1. The Labute approximate surface area is 180 Å². The Morgan fingerprint density at radius 3 is 1.37 bits per heavy atom. The molecule has 0 aliphatic heterocycles. The summed E-state index contributed by atoms with van der Waals surface area (Å²) in [5, 5.41) is 6.91. The summed E-state index contributed by atoms with van der Waals surface area (Å²) >= 11 is 0. The molecule has 11 heteroatoms. The molecule has 0 aromatic heterocycles. The summed E-state index contributed by atoms with van der Waals surface area (Å²) in [6.45, 7) is 12.6. The van der Waals surface area contributed by atoms with E-state index in [1.54, 1.807) is 27.7 Å². The van der Waals surface area contributed by atoms with Gasteiger partial charge in [0.2, 0.25) is 6.43 Å². The molecule has 0 heterocycles. The third-order valence-corrected chi connectivity index (χ3v) is 1.94. The minimum Gasteiger partial charge on any atom is -0.464 e. The summed E-state index contributed by atoms with van der Waals surface area (Å²) in [5.74, 6) is 0.618. The van der Waals surface area contributed by atoms with Crippen LogP contribution in [0.25, 0.3) is 10.6 Å². The molecule has 0 spiro atoms. The molecule has 0 aromatic rings. The first-order valence-corrected chi connectivity index (χ1v) is 7.74. The van der Waals surface area contributed by atoms with Crippen molar-refractivity contribution < 1.29 is 56.1 Å². The van der Waals surface area contributed by atoms with Crippen LogP contribution in [-0.2, 0) is 34.1 Å². The third-order valence-electron chi connectivity index (χ3n) is 1.94. The van der Waals surface area contributed by atoms with E-state index in [9.17, 15) is 22.0 Å². The number of nitrogens with zero attached hydrogens (tertiary/aromatic N) is 4. The molecule has 0 N–H and O–H groups in total. The van der Waals surface area contributed by atoms with Gasteiger partial charge in [0, 0.05) is 13.1 Å². The van der Waals surface area contributed by atoms with Crippen LogP contribution in [0.1, 0.15) is 55.4 Å². The van der Waals surface area contributed by atoms with Crippen LogP contribution in [0, 0.1) is 0 Å². The predicted octanol–water partition coefficient (Wildman–Crippen LogP) is 5.98. The molecule has 0 atom stereocenters. The summed E-state index contributed by atoms with van der Waals surface area (Å²) in [6.07, 6.45) is -6.62. The van der Waals surface area contributed by atoms with Crippen molar-refractivity contribution in [2.24, 2.45) is 9.98 Å². The van der Waals surface area contributed by atoms with Gasteiger partial charge in [-0.2, -0.15) is 13.2 Å². The monoisotopic (exact) mass is 498 g/mol. The van der Waals surface area contributed by atoms with Gasteiger partial charge in [0.25, 0.3) is 0 Å². The zero-order chi connectivity index (χ0) is 20.5. The van der Waals surface area contributed by atoms with Gasteiger partial charge in [-0.15, -0.1) is 0 Å². The second kappa shape index (κ2) is 14.6. The average molecular weight is 500 g/mol. The van der Waals surface area contributed by atoms with Crippen molar-refractivity contribution in [1.82, 2.24) is 0 Å². The molecule has 27 heavy (non-hydrogen) atoms. The SMILES string of the molecule is CC(=NC(C)(C)C)[N-]CC(F)(F)F.CC(=NC(C)(C)C)[N-]CC(F)F.[Cu+].[Cu+]. The minimum absolute atomic E-state index is 0. The number of hydrogen-bond donors (Lipinski definition) is 0. The van der Waals surface area contributed by atoms with Crippen molar-refractivity contribution in [3.05, 3.63) is 10.6 Å².